The molecule has 1 aromatic carbocycles. The fraction of sp³-hybridized carbons (Fsp3) is 0.562. The molecule has 24 heavy (non-hydrogen) atoms. The number of hydrogen-bond acceptors (Lipinski definition) is 4. The zero-order chi connectivity index (χ0) is 17.1. The highest BCUT2D eigenvalue weighted by molar-refractivity contribution is 14.0. The van der Waals surface area contributed by atoms with Crippen molar-refractivity contribution in [2.24, 2.45) is 4.99 Å². The summed E-state index contributed by atoms with van der Waals surface area (Å²) in [5.41, 5.74) is 0.954. The molecule has 0 bridgehead atoms. The quantitative estimate of drug-likeness (QED) is 0.151. The summed E-state index contributed by atoms with van der Waals surface area (Å²) in [5, 5.41) is 17.1. The molecule has 0 atom stereocenters. The topological polar surface area (TPSA) is 82.8 Å². The third-order valence-electron chi connectivity index (χ3n) is 3.32. The first kappa shape index (κ1) is 22.4. The number of anilines is 1. The molecule has 0 amide bonds. The van der Waals surface area contributed by atoms with Gasteiger partial charge in [0.1, 0.15) is 0 Å². The second kappa shape index (κ2) is 12.8. The van der Waals surface area contributed by atoms with Crippen molar-refractivity contribution in [3.8, 4) is 0 Å². The Hall–Kier alpha value is -1.58. The zero-order valence-corrected chi connectivity index (χ0v) is 16.9. The third-order valence-corrected chi connectivity index (χ3v) is 3.32. The van der Waals surface area contributed by atoms with E-state index in [9.17, 15) is 10.1 Å². The average Bonchev–Trinajstić information content (AvgIpc) is 2.55. The second-order valence-corrected chi connectivity index (χ2v) is 5.24. The number of nitrogens with one attached hydrogen (secondary N) is 2. The van der Waals surface area contributed by atoms with Gasteiger partial charge in [0.25, 0.3) is 5.69 Å². The van der Waals surface area contributed by atoms with Gasteiger partial charge in [0, 0.05) is 44.5 Å². The van der Waals surface area contributed by atoms with Crippen LogP contribution >= 0.6 is 24.0 Å². The molecule has 0 spiro atoms. The minimum Gasteiger partial charge on any atom is -0.383 e. The number of nitro groups is 1. The van der Waals surface area contributed by atoms with Crippen LogP contribution in [-0.4, -0.2) is 49.0 Å². The maximum Gasteiger partial charge on any atom is 0.269 e. The van der Waals surface area contributed by atoms with E-state index in [1.54, 1.807) is 12.1 Å². The first-order chi connectivity index (χ1) is 11.1. The summed E-state index contributed by atoms with van der Waals surface area (Å²) < 4.78 is 0. The van der Waals surface area contributed by atoms with E-state index in [0.717, 1.165) is 37.6 Å². The second-order valence-electron chi connectivity index (χ2n) is 5.24. The Balaban J connectivity index is 0.00000529. The third kappa shape index (κ3) is 8.32. The molecular formula is C16H28IN5O2. The molecular weight excluding hydrogens is 421 g/mol. The number of unbranched alkanes of at least 4 members (excludes halogenated alkanes) is 1. The normalized spacial score (nSPS) is 10.7. The number of guanidine groups is 1. The Labute approximate surface area is 161 Å². The molecule has 0 saturated carbocycles. The number of benzene rings is 1. The highest BCUT2D eigenvalue weighted by Crippen LogP contribution is 2.14. The van der Waals surface area contributed by atoms with Crippen LogP contribution in [0.5, 0.6) is 0 Å². The van der Waals surface area contributed by atoms with Crippen molar-refractivity contribution in [3.05, 3.63) is 34.4 Å². The van der Waals surface area contributed by atoms with Crippen molar-refractivity contribution >= 4 is 41.3 Å². The van der Waals surface area contributed by atoms with E-state index in [1.807, 2.05) is 7.05 Å². The Morgan fingerprint density at radius 3 is 2.50 bits per heavy atom. The Morgan fingerprint density at radius 2 is 1.96 bits per heavy atom. The van der Waals surface area contributed by atoms with Crippen LogP contribution in [0.4, 0.5) is 11.4 Å². The fourth-order valence-corrected chi connectivity index (χ4v) is 2.03. The number of nitro benzene ring substituents is 1. The van der Waals surface area contributed by atoms with Gasteiger partial charge in [-0.25, -0.2) is 0 Å². The van der Waals surface area contributed by atoms with E-state index in [0.29, 0.717) is 13.1 Å². The van der Waals surface area contributed by atoms with Gasteiger partial charge in [-0.15, -0.1) is 24.0 Å². The van der Waals surface area contributed by atoms with Crippen LogP contribution in [0.15, 0.2) is 29.3 Å². The number of non-ortho nitro benzene ring substituents is 1. The maximum absolute atomic E-state index is 10.6. The lowest BCUT2D eigenvalue weighted by Gasteiger charge is -2.21. The van der Waals surface area contributed by atoms with Crippen molar-refractivity contribution < 1.29 is 4.92 Å². The molecule has 7 nitrogen and oxygen atoms in total. The smallest absolute Gasteiger partial charge is 0.269 e. The molecule has 0 heterocycles. The van der Waals surface area contributed by atoms with Crippen LogP contribution < -0.4 is 10.6 Å². The van der Waals surface area contributed by atoms with Gasteiger partial charge >= 0.3 is 0 Å². The monoisotopic (exact) mass is 449 g/mol. The Bertz CT molecular complexity index is 508. The number of nitrogens with zero attached hydrogens (tertiary/aromatic N) is 3. The molecule has 0 aliphatic rings. The van der Waals surface area contributed by atoms with Gasteiger partial charge in [-0.2, -0.15) is 0 Å². The van der Waals surface area contributed by atoms with Crippen LogP contribution in [0.1, 0.15) is 26.7 Å². The van der Waals surface area contributed by atoms with Gasteiger partial charge in [-0.3, -0.25) is 15.1 Å². The molecule has 0 aliphatic carbocycles. The molecule has 136 valence electrons. The summed E-state index contributed by atoms with van der Waals surface area (Å²) >= 11 is 0. The molecule has 0 unspecified atom stereocenters. The van der Waals surface area contributed by atoms with E-state index < -0.39 is 4.92 Å². The van der Waals surface area contributed by atoms with Crippen molar-refractivity contribution in [3.63, 3.8) is 0 Å². The number of halogens is 1. The van der Waals surface area contributed by atoms with Crippen LogP contribution in [0.3, 0.4) is 0 Å². The average molecular weight is 449 g/mol. The highest BCUT2D eigenvalue weighted by atomic mass is 127. The summed E-state index contributed by atoms with van der Waals surface area (Å²) in [7, 11) is 2.04. The van der Waals surface area contributed by atoms with Gasteiger partial charge in [-0.1, -0.05) is 13.3 Å². The SMILES string of the molecule is CCCCN(C)C(=NCCNc1ccc([N+](=O)[O-])cc1)NCC.I. The first-order valence-electron chi connectivity index (χ1n) is 8.06. The molecule has 2 N–H and O–H groups in total. The van der Waals surface area contributed by atoms with E-state index >= 15 is 0 Å². The molecule has 0 saturated heterocycles. The largest absolute Gasteiger partial charge is 0.383 e. The molecule has 8 heteroatoms. The minimum atomic E-state index is -0.400. The van der Waals surface area contributed by atoms with E-state index in [4.69, 9.17) is 0 Å². The van der Waals surface area contributed by atoms with Crippen LogP contribution in [0.2, 0.25) is 0 Å². The lowest BCUT2D eigenvalue weighted by atomic mass is 10.3. The van der Waals surface area contributed by atoms with Crippen LogP contribution in [0.25, 0.3) is 0 Å². The molecule has 1 rings (SSSR count). The number of rotatable bonds is 9. The molecule has 0 aromatic heterocycles. The fourth-order valence-electron chi connectivity index (χ4n) is 2.03. The first-order valence-corrected chi connectivity index (χ1v) is 8.06. The molecule has 0 fully saturated rings. The predicted octanol–water partition coefficient (Wildman–Crippen LogP) is 3.32. The van der Waals surface area contributed by atoms with Gasteiger partial charge < -0.3 is 15.5 Å². The van der Waals surface area contributed by atoms with E-state index in [1.165, 1.54) is 12.1 Å². The summed E-state index contributed by atoms with van der Waals surface area (Å²) in [6.07, 6.45) is 2.30. The van der Waals surface area contributed by atoms with Crippen molar-refractivity contribution in [2.45, 2.75) is 26.7 Å². The molecule has 0 radical (unpaired) electrons. The van der Waals surface area contributed by atoms with Crippen LogP contribution in [0, 0.1) is 10.1 Å². The Morgan fingerprint density at radius 1 is 1.29 bits per heavy atom. The van der Waals surface area contributed by atoms with Gasteiger partial charge in [-0.05, 0) is 25.5 Å². The van der Waals surface area contributed by atoms with Crippen molar-refractivity contribution in [2.75, 3.05) is 38.5 Å². The predicted molar refractivity (Wildman–Crippen MR) is 111 cm³/mol. The van der Waals surface area contributed by atoms with Crippen LogP contribution in [-0.2, 0) is 0 Å². The maximum atomic E-state index is 10.6. The molecule has 0 aliphatic heterocycles. The summed E-state index contributed by atoms with van der Waals surface area (Å²) in [6, 6.07) is 6.41. The lowest BCUT2D eigenvalue weighted by Crippen LogP contribution is -2.39. The molecule has 1 aromatic rings. The van der Waals surface area contributed by atoms with E-state index in [2.05, 4.69) is 34.4 Å². The summed E-state index contributed by atoms with van der Waals surface area (Å²) in [6.45, 7) is 7.36. The Kier molecular flexibility index (Phi) is 12.0. The van der Waals surface area contributed by atoms with E-state index in [-0.39, 0.29) is 29.7 Å². The number of hydrogen-bond donors (Lipinski definition) is 2. The zero-order valence-electron chi connectivity index (χ0n) is 14.6. The summed E-state index contributed by atoms with van der Waals surface area (Å²) in [5.74, 6) is 0.909. The lowest BCUT2D eigenvalue weighted by molar-refractivity contribution is -0.384. The summed E-state index contributed by atoms with van der Waals surface area (Å²) in [4.78, 5) is 16.9. The minimum absolute atomic E-state index is 0. The van der Waals surface area contributed by atoms with Gasteiger partial charge in [0.05, 0.1) is 11.5 Å². The van der Waals surface area contributed by atoms with Gasteiger partial charge in [0.2, 0.25) is 0 Å². The van der Waals surface area contributed by atoms with Crippen molar-refractivity contribution in [1.82, 2.24) is 10.2 Å². The standard InChI is InChI=1S/C16H27N5O2.HI/c1-4-6-13-20(3)16(17-5-2)19-12-11-18-14-7-9-15(10-8-14)21(22)23;/h7-10,18H,4-6,11-13H2,1-3H3,(H,17,19);1H. The number of aliphatic imine (C=N–C) groups is 1. The van der Waals surface area contributed by atoms with Crippen molar-refractivity contribution in [1.29, 1.82) is 0 Å². The highest BCUT2D eigenvalue weighted by Gasteiger charge is 2.05. The van der Waals surface area contributed by atoms with Gasteiger partial charge in [0.15, 0.2) is 5.96 Å².